The Morgan fingerprint density at radius 1 is 1.39 bits per heavy atom. The number of Topliss-reactive ketones (excluding diaryl/α,β-unsaturated/α-hetero) is 1. The van der Waals surface area contributed by atoms with E-state index in [4.69, 9.17) is 11.6 Å². The normalized spacial score (nSPS) is 22.4. The van der Waals surface area contributed by atoms with Gasteiger partial charge in [-0.05, 0) is 48.5 Å². The van der Waals surface area contributed by atoms with Crippen molar-refractivity contribution in [1.82, 2.24) is 0 Å². The molecule has 1 aliphatic rings. The molecule has 1 saturated carbocycles. The highest BCUT2D eigenvalue weighted by Gasteiger charge is 2.24. The van der Waals surface area contributed by atoms with Crippen LogP contribution < -0.4 is 0 Å². The number of ketones is 1. The number of hydrogen-bond acceptors (Lipinski definition) is 1. The second kappa shape index (κ2) is 6.19. The summed E-state index contributed by atoms with van der Waals surface area (Å²) < 4.78 is 0. The maximum atomic E-state index is 12.0. The fourth-order valence-corrected chi connectivity index (χ4v) is 2.72. The largest absolute Gasteiger partial charge is 0.293 e. The summed E-state index contributed by atoms with van der Waals surface area (Å²) >= 11 is 6.04. The van der Waals surface area contributed by atoms with Crippen LogP contribution in [0.5, 0.6) is 0 Å². The number of halogens is 1. The Bertz CT molecular complexity index is 462. The molecule has 0 aliphatic heterocycles. The Hall–Kier alpha value is -1.08. The van der Waals surface area contributed by atoms with Crippen LogP contribution in [0.25, 0.3) is 6.08 Å². The first kappa shape index (κ1) is 13.4. The van der Waals surface area contributed by atoms with Crippen molar-refractivity contribution in [3.8, 4) is 0 Å². The van der Waals surface area contributed by atoms with Gasteiger partial charge in [-0.2, -0.15) is 0 Å². The Morgan fingerprint density at radius 2 is 2.17 bits per heavy atom. The third-order valence-corrected chi connectivity index (χ3v) is 3.83. The van der Waals surface area contributed by atoms with Crippen molar-refractivity contribution in [3.05, 3.63) is 41.0 Å². The van der Waals surface area contributed by atoms with Gasteiger partial charge in [-0.3, -0.25) is 4.79 Å². The highest BCUT2D eigenvalue weighted by Crippen LogP contribution is 2.26. The van der Waals surface area contributed by atoms with Crippen LogP contribution >= 0.6 is 11.6 Å². The second-order valence-corrected chi connectivity index (χ2v) is 5.37. The molecule has 1 aromatic carbocycles. The van der Waals surface area contributed by atoms with Gasteiger partial charge in [-0.15, -0.1) is 11.6 Å². The minimum atomic E-state index is -0.316. The molecule has 2 rings (SSSR count). The Balaban J connectivity index is 2.29. The van der Waals surface area contributed by atoms with E-state index >= 15 is 0 Å². The first-order chi connectivity index (χ1) is 8.72. The zero-order chi connectivity index (χ0) is 13.0. The van der Waals surface area contributed by atoms with Crippen molar-refractivity contribution in [1.29, 1.82) is 0 Å². The van der Waals surface area contributed by atoms with Gasteiger partial charge in [0.15, 0.2) is 5.78 Å². The third-order valence-electron chi connectivity index (χ3n) is 3.41. The molecule has 96 valence electrons. The van der Waals surface area contributed by atoms with Gasteiger partial charge >= 0.3 is 0 Å². The van der Waals surface area contributed by atoms with Crippen LogP contribution in [0, 0.1) is 0 Å². The lowest BCUT2D eigenvalue weighted by molar-refractivity contribution is -0.116. The standard InChI is InChI=1S/C16H19ClO/c1-2-6-12-7-3-4-8-13(12)11-14-9-5-10-15(17)16(14)18/h3-4,7-8,11,15H,2,5-6,9-10H2,1H3. The van der Waals surface area contributed by atoms with Crippen molar-refractivity contribution in [2.24, 2.45) is 0 Å². The highest BCUT2D eigenvalue weighted by molar-refractivity contribution is 6.34. The molecule has 0 saturated heterocycles. The number of carbonyl (C=O) groups excluding carboxylic acids is 1. The molecule has 0 amide bonds. The molecule has 1 nitrogen and oxygen atoms in total. The van der Waals surface area contributed by atoms with Gasteiger partial charge in [0.05, 0.1) is 5.38 Å². The number of allylic oxidation sites excluding steroid dienone is 1. The molecule has 0 aromatic heterocycles. The van der Waals surface area contributed by atoms with Crippen molar-refractivity contribution in [3.63, 3.8) is 0 Å². The maximum Gasteiger partial charge on any atom is 0.176 e. The first-order valence-corrected chi connectivity index (χ1v) is 7.12. The van der Waals surface area contributed by atoms with E-state index in [2.05, 4.69) is 25.1 Å². The summed E-state index contributed by atoms with van der Waals surface area (Å²) in [6.45, 7) is 2.17. The molecule has 0 radical (unpaired) electrons. The van der Waals surface area contributed by atoms with E-state index < -0.39 is 0 Å². The summed E-state index contributed by atoms with van der Waals surface area (Å²) in [6, 6.07) is 8.31. The molecule has 0 heterocycles. The molecule has 1 atom stereocenters. The number of benzene rings is 1. The zero-order valence-corrected chi connectivity index (χ0v) is 11.5. The fraction of sp³-hybridized carbons (Fsp3) is 0.438. The van der Waals surface area contributed by atoms with Crippen molar-refractivity contribution in [2.45, 2.75) is 44.4 Å². The van der Waals surface area contributed by atoms with Crippen LogP contribution in [-0.2, 0) is 11.2 Å². The van der Waals surface area contributed by atoms with Gasteiger partial charge in [0.25, 0.3) is 0 Å². The summed E-state index contributed by atoms with van der Waals surface area (Å²) in [5, 5.41) is -0.316. The average molecular weight is 263 g/mol. The van der Waals surface area contributed by atoms with Gasteiger partial charge in [-0.1, -0.05) is 37.6 Å². The van der Waals surface area contributed by atoms with E-state index in [1.807, 2.05) is 12.1 Å². The Morgan fingerprint density at radius 3 is 2.94 bits per heavy atom. The highest BCUT2D eigenvalue weighted by atomic mass is 35.5. The van der Waals surface area contributed by atoms with Gasteiger partial charge in [0.1, 0.15) is 0 Å². The molecule has 0 spiro atoms. The molecule has 1 aliphatic carbocycles. The Labute approximate surface area is 114 Å². The van der Waals surface area contributed by atoms with E-state index in [1.165, 1.54) is 11.1 Å². The van der Waals surface area contributed by atoms with Gasteiger partial charge in [0, 0.05) is 0 Å². The fourth-order valence-electron chi connectivity index (χ4n) is 2.43. The van der Waals surface area contributed by atoms with Crippen LogP contribution in [0.4, 0.5) is 0 Å². The van der Waals surface area contributed by atoms with Gasteiger partial charge < -0.3 is 0 Å². The van der Waals surface area contributed by atoms with Crippen LogP contribution in [-0.4, -0.2) is 11.2 Å². The minimum Gasteiger partial charge on any atom is -0.293 e. The number of carbonyl (C=O) groups is 1. The van der Waals surface area contributed by atoms with Gasteiger partial charge in [0.2, 0.25) is 0 Å². The third kappa shape index (κ3) is 3.02. The second-order valence-electron chi connectivity index (χ2n) is 4.84. The summed E-state index contributed by atoms with van der Waals surface area (Å²) in [5.74, 6) is 0.120. The molecule has 1 unspecified atom stereocenters. The predicted octanol–water partition coefficient (Wildman–Crippen LogP) is 4.38. The van der Waals surface area contributed by atoms with Crippen LogP contribution in [0.15, 0.2) is 29.8 Å². The monoisotopic (exact) mass is 262 g/mol. The van der Waals surface area contributed by atoms with Crippen LogP contribution in [0.1, 0.15) is 43.7 Å². The smallest absolute Gasteiger partial charge is 0.176 e. The van der Waals surface area contributed by atoms with Crippen molar-refractivity contribution in [2.75, 3.05) is 0 Å². The van der Waals surface area contributed by atoms with E-state index in [-0.39, 0.29) is 11.2 Å². The number of alkyl halides is 1. The number of hydrogen-bond donors (Lipinski definition) is 0. The van der Waals surface area contributed by atoms with Crippen LogP contribution in [0.2, 0.25) is 0 Å². The minimum absolute atomic E-state index is 0.120. The Kier molecular flexibility index (Phi) is 4.60. The van der Waals surface area contributed by atoms with Crippen LogP contribution in [0.3, 0.4) is 0 Å². The lowest BCUT2D eigenvalue weighted by Gasteiger charge is -2.18. The van der Waals surface area contributed by atoms with Gasteiger partial charge in [-0.25, -0.2) is 0 Å². The lowest BCUT2D eigenvalue weighted by atomic mass is 9.90. The number of aryl methyl sites for hydroxylation is 1. The molecular weight excluding hydrogens is 244 g/mol. The summed E-state index contributed by atoms with van der Waals surface area (Å²) in [6.07, 6.45) is 6.91. The molecule has 1 aromatic rings. The van der Waals surface area contributed by atoms with E-state index in [1.54, 1.807) is 0 Å². The van der Waals surface area contributed by atoms with Crippen molar-refractivity contribution < 1.29 is 4.79 Å². The topological polar surface area (TPSA) is 17.1 Å². The van der Waals surface area contributed by atoms with E-state index in [0.29, 0.717) is 0 Å². The van der Waals surface area contributed by atoms with Crippen molar-refractivity contribution >= 4 is 23.5 Å². The molecule has 0 N–H and O–H groups in total. The summed E-state index contributed by atoms with van der Waals surface area (Å²) in [7, 11) is 0. The SMILES string of the molecule is CCCc1ccccc1C=C1CCCC(Cl)C1=O. The molecular formula is C16H19ClO. The van der Waals surface area contributed by atoms with E-state index in [9.17, 15) is 4.79 Å². The molecule has 1 fully saturated rings. The molecule has 0 bridgehead atoms. The zero-order valence-electron chi connectivity index (χ0n) is 10.8. The molecule has 2 heteroatoms. The lowest BCUT2D eigenvalue weighted by Crippen LogP contribution is -2.21. The number of rotatable bonds is 3. The summed E-state index contributed by atoms with van der Waals surface area (Å²) in [5.41, 5.74) is 3.38. The first-order valence-electron chi connectivity index (χ1n) is 6.69. The quantitative estimate of drug-likeness (QED) is 0.583. The average Bonchev–Trinajstić information content (AvgIpc) is 2.37. The predicted molar refractivity (Wildman–Crippen MR) is 76.9 cm³/mol. The van der Waals surface area contributed by atoms with E-state index in [0.717, 1.165) is 37.7 Å². The summed E-state index contributed by atoms with van der Waals surface area (Å²) in [4.78, 5) is 12.0. The maximum absolute atomic E-state index is 12.0. The molecule has 18 heavy (non-hydrogen) atoms.